The van der Waals surface area contributed by atoms with Crippen LogP contribution in [-0.2, 0) is 19.8 Å². The highest BCUT2D eigenvalue weighted by atomic mass is 19.4. The predicted molar refractivity (Wildman–Crippen MR) is 135 cm³/mol. The number of aryl methyl sites for hydroxylation is 1. The van der Waals surface area contributed by atoms with Gasteiger partial charge in [-0.25, -0.2) is 19.7 Å². The van der Waals surface area contributed by atoms with Gasteiger partial charge in [-0.1, -0.05) is 36.4 Å². The minimum atomic E-state index is -4.52. The number of methoxy groups -OCH3 is 1. The highest BCUT2D eigenvalue weighted by Gasteiger charge is 2.34. The summed E-state index contributed by atoms with van der Waals surface area (Å²) in [6.07, 6.45) is 0.242. The molecule has 3 heterocycles. The van der Waals surface area contributed by atoms with Crippen molar-refractivity contribution in [1.82, 2.24) is 29.1 Å². The normalized spacial score (nSPS) is 13.8. The van der Waals surface area contributed by atoms with E-state index in [-0.39, 0.29) is 18.1 Å². The van der Waals surface area contributed by atoms with Crippen molar-refractivity contribution in [3.05, 3.63) is 82.2 Å². The lowest BCUT2D eigenvalue weighted by atomic mass is 10.0. The Morgan fingerprint density at radius 3 is 2.53 bits per heavy atom. The highest BCUT2D eigenvalue weighted by molar-refractivity contribution is 5.76. The Morgan fingerprint density at radius 2 is 1.87 bits per heavy atom. The lowest BCUT2D eigenvalue weighted by Crippen LogP contribution is -2.17. The van der Waals surface area contributed by atoms with Gasteiger partial charge in [-0.15, -0.1) is 0 Å². The molecule has 1 saturated carbocycles. The number of ether oxygens (including phenoxy) is 1. The highest BCUT2D eigenvalue weighted by Crippen LogP contribution is 2.46. The molecule has 1 aliphatic rings. The summed E-state index contributed by atoms with van der Waals surface area (Å²) in [6.45, 7) is 0.214. The first-order valence-corrected chi connectivity index (χ1v) is 12.1. The van der Waals surface area contributed by atoms with E-state index in [9.17, 15) is 18.0 Å². The van der Waals surface area contributed by atoms with Gasteiger partial charge >= 0.3 is 11.9 Å². The molecule has 38 heavy (non-hydrogen) atoms. The van der Waals surface area contributed by atoms with E-state index in [1.54, 1.807) is 37.6 Å². The number of nitrogens with one attached hydrogen (secondary N) is 1. The zero-order valence-corrected chi connectivity index (χ0v) is 20.6. The van der Waals surface area contributed by atoms with E-state index in [1.165, 1.54) is 16.2 Å². The van der Waals surface area contributed by atoms with Crippen LogP contribution >= 0.6 is 0 Å². The third kappa shape index (κ3) is 4.23. The average molecular weight is 521 g/mol. The summed E-state index contributed by atoms with van der Waals surface area (Å²) < 4.78 is 47.6. The van der Waals surface area contributed by atoms with Crippen LogP contribution in [0.15, 0.2) is 59.7 Å². The quantitative estimate of drug-likeness (QED) is 0.335. The zero-order valence-electron chi connectivity index (χ0n) is 20.6. The van der Waals surface area contributed by atoms with E-state index >= 15 is 0 Å². The van der Waals surface area contributed by atoms with E-state index < -0.39 is 11.9 Å². The summed E-state index contributed by atoms with van der Waals surface area (Å²) in [5.41, 5.74) is 2.95. The number of halogens is 3. The molecule has 1 fully saturated rings. The van der Waals surface area contributed by atoms with Crippen molar-refractivity contribution >= 4 is 11.2 Å². The number of aromatic nitrogens is 6. The molecule has 6 rings (SSSR count). The summed E-state index contributed by atoms with van der Waals surface area (Å²) in [7, 11) is 3.13. The first-order chi connectivity index (χ1) is 18.2. The van der Waals surface area contributed by atoms with Crippen molar-refractivity contribution in [2.75, 3.05) is 7.11 Å². The summed E-state index contributed by atoms with van der Waals surface area (Å²) in [6, 6.07) is 12.8. The van der Waals surface area contributed by atoms with Crippen molar-refractivity contribution in [3.8, 4) is 28.5 Å². The number of aromatic amines is 1. The molecular formula is C27H23F3N6O2. The lowest BCUT2D eigenvalue weighted by Gasteiger charge is -2.13. The number of benzene rings is 2. The van der Waals surface area contributed by atoms with Crippen LogP contribution in [-0.4, -0.2) is 36.2 Å². The van der Waals surface area contributed by atoms with Crippen molar-refractivity contribution in [3.63, 3.8) is 0 Å². The second kappa shape index (κ2) is 8.86. The van der Waals surface area contributed by atoms with Gasteiger partial charge in [0.1, 0.15) is 17.1 Å². The van der Waals surface area contributed by atoms with Crippen molar-refractivity contribution in [2.45, 2.75) is 31.5 Å². The van der Waals surface area contributed by atoms with Gasteiger partial charge in [-0.2, -0.15) is 13.2 Å². The van der Waals surface area contributed by atoms with Crippen molar-refractivity contribution in [2.24, 2.45) is 7.05 Å². The van der Waals surface area contributed by atoms with Gasteiger partial charge in [-0.3, -0.25) is 4.57 Å². The number of rotatable bonds is 6. The molecule has 0 spiro atoms. The molecule has 8 nitrogen and oxygen atoms in total. The summed E-state index contributed by atoms with van der Waals surface area (Å²) in [5.74, 6) is 1.80. The third-order valence-electron chi connectivity index (χ3n) is 6.75. The van der Waals surface area contributed by atoms with E-state index in [0.717, 1.165) is 35.7 Å². The molecule has 0 saturated heterocycles. The molecule has 0 aliphatic heterocycles. The van der Waals surface area contributed by atoms with Gasteiger partial charge in [-0.05, 0) is 36.0 Å². The molecule has 2 aromatic carbocycles. The molecule has 0 unspecified atom stereocenters. The van der Waals surface area contributed by atoms with Gasteiger partial charge < -0.3 is 14.3 Å². The Bertz CT molecular complexity index is 1710. The number of fused-ring (bicyclic) bond motifs is 1. The molecule has 1 aliphatic carbocycles. The van der Waals surface area contributed by atoms with E-state index in [4.69, 9.17) is 9.72 Å². The van der Waals surface area contributed by atoms with Gasteiger partial charge in [0.2, 0.25) is 0 Å². The molecule has 3 aromatic heterocycles. The Labute approximate surface area is 214 Å². The molecule has 5 aromatic rings. The largest absolute Gasteiger partial charge is 0.496 e. The second-order valence-corrected chi connectivity index (χ2v) is 9.40. The first kappa shape index (κ1) is 24.0. The Morgan fingerprint density at radius 1 is 1.11 bits per heavy atom. The SMILES string of the molecule is COc1cccc(C2CC2)c1-c1ncc2[nH]c(=O)n(Cc3ccc(-c4nc(C(F)(F)F)cn4C)cc3)c2n1. The number of hydrogen-bond donors (Lipinski definition) is 1. The monoisotopic (exact) mass is 520 g/mol. The summed E-state index contributed by atoms with van der Waals surface area (Å²) in [5, 5.41) is 0. The minimum absolute atomic E-state index is 0.203. The fourth-order valence-corrected chi connectivity index (χ4v) is 4.72. The number of H-pyrrole nitrogens is 1. The second-order valence-electron chi connectivity index (χ2n) is 9.40. The van der Waals surface area contributed by atoms with Crippen LogP contribution in [0.5, 0.6) is 5.75 Å². The fourth-order valence-electron chi connectivity index (χ4n) is 4.72. The smallest absolute Gasteiger partial charge is 0.434 e. The molecule has 0 bridgehead atoms. The van der Waals surface area contributed by atoms with Crippen LogP contribution in [0.3, 0.4) is 0 Å². The van der Waals surface area contributed by atoms with Crippen LogP contribution in [0.25, 0.3) is 33.9 Å². The Hall–Kier alpha value is -4.41. The molecular weight excluding hydrogens is 497 g/mol. The predicted octanol–water partition coefficient (Wildman–Crippen LogP) is 5.14. The summed E-state index contributed by atoms with van der Waals surface area (Å²) >= 11 is 0. The first-order valence-electron chi connectivity index (χ1n) is 12.1. The molecule has 11 heteroatoms. The molecule has 1 N–H and O–H groups in total. The van der Waals surface area contributed by atoms with E-state index in [1.807, 2.05) is 12.1 Å². The van der Waals surface area contributed by atoms with E-state index in [0.29, 0.717) is 34.2 Å². The Kier molecular flexibility index (Phi) is 5.59. The minimum Gasteiger partial charge on any atom is -0.496 e. The van der Waals surface area contributed by atoms with Crippen molar-refractivity contribution in [1.29, 1.82) is 0 Å². The lowest BCUT2D eigenvalue weighted by molar-refractivity contribution is -0.140. The van der Waals surface area contributed by atoms with Crippen LogP contribution in [0.1, 0.15) is 35.6 Å². The van der Waals surface area contributed by atoms with Gasteiger partial charge in [0.05, 0.1) is 25.4 Å². The zero-order chi connectivity index (χ0) is 26.6. The molecule has 0 radical (unpaired) electrons. The molecule has 0 amide bonds. The standard InChI is InChI=1S/C27H23F3N6O2/c1-35-14-21(27(28,29)30)33-24(35)17-8-6-15(7-9-17)13-36-25-19(32-26(36)37)12-31-23(34-25)22-18(16-10-11-16)4-3-5-20(22)38-2/h3-9,12,14,16H,10-11,13H2,1-2H3,(H,32,37). The fraction of sp³-hybridized carbons (Fsp3) is 0.259. The number of alkyl halides is 3. The molecule has 0 atom stereocenters. The van der Waals surface area contributed by atoms with Crippen LogP contribution in [0, 0.1) is 0 Å². The van der Waals surface area contributed by atoms with Gasteiger partial charge in [0, 0.05) is 18.8 Å². The number of hydrogen-bond acceptors (Lipinski definition) is 5. The summed E-state index contributed by atoms with van der Waals surface area (Å²) in [4.78, 5) is 28.7. The Balaban J connectivity index is 1.35. The number of nitrogens with zero attached hydrogens (tertiary/aromatic N) is 5. The maximum atomic E-state index is 13.1. The number of imidazole rings is 2. The third-order valence-corrected chi connectivity index (χ3v) is 6.75. The van der Waals surface area contributed by atoms with Gasteiger partial charge in [0.15, 0.2) is 17.2 Å². The maximum Gasteiger partial charge on any atom is 0.434 e. The molecule has 194 valence electrons. The average Bonchev–Trinajstić information content (AvgIpc) is 3.60. The van der Waals surface area contributed by atoms with Crippen LogP contribution in [0.4, 0.5) is 13.2 Å². The topological polar surface area (TPSA) is 90.6 Å². The van der Waals surface area contributed by atoms with Crippen molar-refractivity contribution < 1.29 is 17.9 Å². The van der Waals surface area contributed by atoms with Crippen LogP contribution < -0.4 is 10.4 Å². The van der Waals surface area contributed by atoms with E-state index in [2.05, 4.69) is 21.0 Å². The maximum absolute atomic E-state index is 13.1. The van der Waals surface area contributed by atoms with Gasteiger partial charge in [0.25, 0.3) is 0 Å². The van der Waals surface area contributed by atoms with Crippen LogP contribution in [0.2, 0.25) is 0 Å².